The van der Waals surface area contributed by atoms with Gasteiger partial charge in [-0.15, -0.1) is 0 Å². The van der Waals surface area contributed by atoms with Gasteiger partial charge in [-0.1, -0.05) is 18.3 Å². The highest BCUT2D eigenvalue weighted by atomic mass is 32.1. The molecule has 0 spiro atoms. The van der Waals surface area contributed by atoms with Crippen molar-refractivity contribution in [1.82, 2.24) is 4.90 Å². The molecule has 18 heavy (non-hydrogen) atoms. The molecule has 0 aliphatic carbocycles. The Kier molecular flexibility index (Phi) is 4.30. The summed E-state index contributed by atoms with van der Waals surface area (Å²) in [7, 11) is 0. The minimum absolute atomic E-state index is 0.159. The molecule has 1 heterocycles. The standard InChI is InChI=1S/C14H19FN2S/c1-10-2-3-13(15)8-12(10)9-17-6-4-11(5-7-17)14(16)18/h2-3,8,11H,4-7,9H2,1H3,(H2,16,18). The Morgan fingerprint density at radius 2 is 2.11 bits per heavy atom. The van der Waals surface area contributed by atoms with Crippen molar-refractivity contribution in [2.75, 3.05) is 13.1 Å². The molecule has 0 amide bonds. The summed E-state index contributed by atoms with van der Waals surface area (Å²) in [6.07, 6.45) is 2.04. The monoisotopic (exact) mass is 266 g/mol. The summed E-state index contributed by atoms with van der Waals surface area (Å²) in [5.74, 6) is 0.221. The van der Waals surface area contributed by atoms with E-state index < -0.39 is 0 Å². The van der Waals surface area contributed by atoms with Crippen LogP contribution in [0.5, 0.6) is 0 Å². The van der Waals surface area contributed by atoms with Crippen molar-refractivity contribution in [1.29, 1.82) is 0 Å². The fraction of sp³-hybridized carbons (Fsp3) is 0.500. The molecule has 1 aromatic carbocycles. The molecule has 2 rings (SSSR count). The number of nitrogens with zero attached hydrogens (tertiary/aromatic N) is 1. The van der Waals surface area contributed by atoms with E-state index >= 15 is 0 Å². The minimum atomic E-state index is -0.159. The van der Waals surface area contributed by atoms with Gasteiger partial charge in [0.25, 0.3) is 0 Å². The molecule has 2 N–H and O–H groups in total. The van der Waals surface area contributed by atoms with Gasteiger partial charge in [0, 0.05) is 12.5 Å². The molecule has 4 heteroatoms. The summed E-state index contributed by atoms with van der Waals surface area (Å²) < 4.78 is 13.2. The van der Waals surface area contributed by atoms with E-state index in [0.717, 1.165) is 43.6 Å². The molecule has 1 fully saturated rings. The molecule has 0 unspecified atom stereocenters. The van der Waals surface area contributed by atoms with Gasteiger partial charge >= 0.3 is 0 Å². The third kappa shape index (κ3) is 3.27. The molecule has 0 aromatic heterocycles. The van der Waals surface area contributed by atoms with Crippen LogP contribution < -0.4 is 5.73 Å². The molecule has 0 bridgehead atoms. The maximum Gasteiger partial charge on any atom is 0.123 e. The molecule has 0 radical (unpaired) electrons. The molecule has 0 saturated carbocycles. The highest BCUT2D eigenvalue weighted by molar-refractivity contribution is 7.80. The number of halogens is 1. The quantitative estimate of drug-likeness (QED) is 0.853. The van der Waals surface area contributed by atoms with E-state index in [1.165, 1.54) is 6.07 Å². The molecule has 1 aliphatic heterocycles. The fourth-order valence-corrected chi connectivity index (χ4v) is 2.66. The van der Waals surface area contributed by atoms with Gasteiger partial charge in [-0.2, -0.15) is 0 Å². The molecule has 1 aliphatic rings. The van der Waals surface area contributed by atoms with E-state index in [-0.39, 0.29) is 5.82 Å². The predicted molar refractivity (Wildman–Crippen MR) is 75.9 cm³/mol. The van der Waals surface area contributed by atoms with Crippen molar-refractivity contribution >= 4 is 17.2 Å². The van der Waals surface area contributed by atoms with Gasteiger partial charge < -0.3 is 5.73 Å². The van der Waals surface area contributed by atoms with Gasteiger partial charge in [-0.25, -0.2) is 4.39 Å². The van der Waals surface area contributed by atoms with Crippen LogP contribution in [0.1, 0.15) is 24.0 Å². The lowest BCUT2D eigenvalue weighted by Crippen LogP contribution is -2.37. The van der Waals surface area contributed by atoms with E-state index in [9.17, 15) is 4.39 Å². The Hall–Kier alpha value is -1.00. The van der Waals surface area contributed by atoms with Crippen molar-refractivity contribution < 1.29 is 4.39 Å². The Morgan fingerprint density at radius 3 is 2.72 bits per heavy atom. The van der Waals surface area contributed by atoms with E-state index in [1.807, 2.05) is 13.0 Å². The molecule has 98 valence electrons. The van der Waals surface area contributed by atoms with Crippen LogP contribution in [-0.2, 0) is 6.54 Å². The van der Waals surface area contributed by atoms with Crippen molar-refractivity contribution in [3.63, 3.8) is 0 Å². The van der Waals surface area contributed by atoms with Crippen molar-refractivity contribution in [2.45, 2.75) is 26.3 Å². The zero-order valence-electron chi connectivity index (χ0n) is 10.7. The number of aryl methyl sites for hydroxylation is 1. The smallest absolute Gasteiger partial charge is 0.123 e. The van der Waals surface area contributed by atoms with Crippen LogP contribution in [0.25, 0.3) is 0 Å². The van der Waals surface area contributed by atoms with Gasteiger partial charge in [0.1, 0.15) is 5.82 Å². The Morgan fingerprint density at radius 1 is 1.44 bits per heavy atom. The average Bonchev–Trinajstić information content (AvgIpc) is 2.34. The number of benzene rings is 1. The van der Waals surface area contributed by atoms with Gasteiger partial charge in [0.2, 0.25) is 0 Å². The van der Waals surface area contributed by atoms with Gasteiger partial charge in [0.05, 0.1) is 4.99 Å². The zero-order valence-corrected chi connectivity index (χ0v) is 11.5. The summed E-state index contributed by atoms with van der Waals surface area (Å²) in [4.78, 5) is 2.98. The van der Waals surface area contributed by atoms with Crippen LogP contribution in [0.3, 0.4) is 0 Å². The number of likely N-dealkylation sites (tertiary alicyclic amines) is 1. The molecular weight excluding hydrogens is 247 g/mol. The number of nitrogens with two attached hydrogens (primary N) is 1. The lowest BCUT2D eigenvalue weighted by molar-refractivity contribution is 0.202. The number of hydrogen-bond acceptors (Lipinski definition) is 2. The lowest BCUT2D eigenvalue weighted by atomic mass is 9.96. The normalized spacial score (nSPS) is 17.9. The third-order valence-corrected chi connectivity index (χ3v) is 4.03. The van der Waals surface area contributed by atoms with E-state index in [4.69, 9.17) is 18.0 Å². The Balaban J connectivity index is 1.95. The van der Waals surface area contributed by atoms with Crippen LogP contribution in [0.15, 0.2) is 18.2 Å². The van der Waals surface area contributed by atoms with E-state index in [0.29, 0.717) is 10.9 Å². The highest BCUT2D eigenvalue weighted by Crippen LogP contribution is 2.20. The summed E-state index contributed by atoms with van der Waals surface area (Å²) >= 11 is 5.03. The molecule has 1 saturated heterocycles. The first-order valence-corrected chi connectivity index (χ1v) is 6.74. The van der Waals surface area contributed by atoms with Crippen molar-refractivity contribution in [3.05, 3.63) is 35.1 Å². The zero-order chi connectivity index (χ0) is 13.1. The fourth-order valence-electron chi connectivity index (χ4n) is 2.43. The Labute approximate surface area is 113 Å². The van der Waals surface area contributed by atoms with Crippen molar-refractivity contribution in [2.24, 2.45) is 11.7 Å². The maximum atomic E-state index is 13.2. The highest BCUT2D eigenvalue weighted by Gasteiger charge is 2.21. The molecular formula is C14H19FN2S. The van der Waals surface area contributed by atoms with Gasteiger partial charge in [-0.3, -0.25) is 4.90 Å². The van der Waals surface area contributed by atoms with Crippen LogP contribution in [0.4, 0.5) is 4.39 Å². The average molecular weight is 266 g/mol. The summed E-state index contributed by atoms with van der Waals surface area (Å²) in [6, 6.07) is 4.99. The largest absolute Gasteiger partial charge is 0.393 e. The first-order valence-electron chi connectivity index (χ1n) is 6.33. The predicted octanol–water partition coefficient (Wildman–Crippen LogP) is 2.63. The number of piperidine rings is 1. The van der Waals surface area contributed by atoms with E-state index in [1.54, 1.807) is 6.07 Å². The van der Waals surface area contributed by atoms with Crippen molar-refractivity contribution in [3.8, 4) is 0 Å². The minimum Gasteiger partial charge on any atom is -0.393 e. The summed E-state index contributed by atoms with van der Waals surface area (Å²) in [5.41, 5.74) is 7.89. The summed E-state index contributed by atoms with van der Waals surface area (Å²) in [6.45, 7) is 4.81. The van der Waals surface area contributed by atoms with E-state index in [2.05, 4.69) is 4.90 Å². The number of hydrogen-bond donors (Lipinski definition) is 1. The maximum absolute atomic E-state index is 13.2. The molecule has 2 nitrogen and oxygen atoms in total. The topological polar surface area (TPSA) is 29.3 Å². The Bertz CT molecular complexity index is 439. The van der Waals surface area contributed by atoms with Crippen LogP contribution in [-0.4, -0.2) is 23.0 Å². The van der Waals surface area contributed by atoms with Gasteiger partial charge in [0.15, 0.2) is 0 Å². The van der Waals surface area contributed by atoms with Crippen LogP contribution in [0, 0.1) is 18.7 Å². The second kappa shape index (κ2) is 5.76. The third-order valence-electron chi connectivity index (χ3n) is 3.70. The number of rotatable bonds is 3. The molecule has 1 aromatic rings. The SMILES string of the molecule is Cc1ccc(F)cc1CN1CCC(C(N)=S)CC1. The summed E-state index contributed by atoms with van der Waals surface area (Å²) in [5, 5.41) is 0. The van der Waals surface area contributed by atoms with Gasteiger partial charge in [-0.05, 0) is 56.1 Å². The second-order valence-electron chi connectivity index (χ2n) is 5.02. The second-order valence-corrected chi connectivity index (χ2v) is 5.50. The number of thiocarbonyl (C=S) groups is 1. The van der Waals surface area contributed by atoms with Crippen LogP contribution in [0.2, 0.25) is 0 Å². The lowest BCUT2D eigenvalue weighted by Gasteiger charge is -2.31. The first kappa shape index (κ1) is 13.4. The van der Waals surface area contributed by atoms with Crippen LogP contribution >= 0.6 is 12.2 Å². The first-order chi connectivity index (χ1) is 8.56. The molecule has 0 atom stereocenters.